The van der Waals surface area contributed by atoms with Crippen LogP contribution in [0.25, 0.3) is 0 Å². The van der Waals surface area contributed by atoms with Crippen LogP contribution in [0, 0.1) is 13.8 Å². The molecule has 1 aliphatic rings. The smallest absolute Gasteiger partial charge is 0.207 e. The van der Waals surface area contributed by atoms with E-state index in [-0.39, 0.29) is 6.04 Å². The Morgan fingerprint density at radius 1 is 1.00 bits per heavy atom. The number of sulfonamides is 1. The summed E-state index contributed by atoms with van der Waals surface area (Å²) in [4.78, 5) is 0.374. The van der Waals surface area contributed by atoms with Gasteiger partial charge in [0.2, 0.25) is 10.0 Å². The second kappa shape index (κ2) is 4.72. The molecule has 3 rings (SSSR count). The molecule has 1 aliphatic heterocycles. The van der Waals surface area contributed by atoms with Crippen LogP contribution in [0.5, 0.6) is 0 Å². The number of hydrogen-bond donors (Lipinski definition) is 0. The largest absolute Gasteiger partial charge is 0.243 e. The molecule has 2 aromatic rings. The van der Waals surface area contributed by atoms with E-state index in [1.807, 2.05) is 50.2 Å². The summed E-state index contributed by atoms with van der Waals surface area (Å²) in [5.74, 6) is 0. The van der Waals surface area contributed by atoms with Crippen LogP contribution in [0.2, 0.25) is 0 Å². The molecule has 0 amide bonds. The molecule has 0 N–H and O–H groups in total. The highest BCUT2D eigenvalue weighted by molar-refractivity contribution is 7.89. The summed E-state index contributed by atoms with van der Waals surface area (Å²) >= 11 is 0. The van der Waals surface area contributed by atoms with E-state index in [0.717, 1.165) is 16.7 Å². The highest BCUT2D eigenvalue weighted by Gasteiger charge is 2.45. The van der Waals surface area contributed by atoms with Gasteiger partial charge >= 0.3 is 0 Å². The first-order valence-electron chi connectivity index (χ1n) is 6.64. The van der Waals surface area contributed by atoms with Gasteiger partial charge in [0.1, 0.15) is 0 Å². The molecule has 2 atom stereocenters. The molecule has 104 valence electrons. The Bertz CT molecular complexity index is 735. The van der Waals surface area contributed by atoms with Gasteiger partial charge in [0.15, 0.2) is 0 Å². The van der Waals surface area contributed by atoms with E-state index in [2.05, 4.69) is 0 Å². The summed E-state index contributed by atoms with van der Waals surface area (Å²) in [5.41, 5.74) is 3.30. The minimum atomic E-state index is -3.36. The number of aryl methyl sites for hydroxylation is 2. The molecule has 0 spiro atoms. The van der Waals surface area contributed by atoms with Gasteiger partial charge in [-0.1, -0.05) is 42.0 Å². The van der Waals surface area contributed by atoms with Crippen LogP contribution in [0.3, 0.4) is 0 Å². The molecule has 3 nitrogen and oxygen atoms in total. The van der Waals surface area contributed by atoms with Gasteiger partial charge in [0.05, 0.1) is 10.9 Å². The molecule has 0 radical (unpaired) electrons. The molecule has 1 saturated heterocycles. The Hall–Kier alpha value is -1.65. The van der Waals surface area contributed by atoms with Crippen molar-refractivity contribution in [3.63, 3.8) is 0 Å². The van der Waals surface area contributed by atoms with Crippen molar-refractivity contribution in [2.24, 2.45) is 0 Å². The molecule has 0 saturated carbocycles. The number of hydrogen-bond acceptors (Lipinski definition) is 2. The Morgan fingerprint density at radius 2 is 1.65 bits per heavy atom. The zero-order valence-corrected chi connectivity index (χ0v) is 12.4. The summed E-state index contributed by atoms with van der Waals surface area (Å²) in [6, 6.07) is 15.0. The first kappa shape index (κ1) is 13.3. The summed E-state index contributed by atoms with van der Waals surface area (Å²) in [7, 11) is -3.36. The summed E-state index contributed by atoms with van der Waals surface area (Å²) < 4.78 is 26.6. The minimum absolute atomic E-state index is 0.0116. The predicted octanol–water partition coefficient (Wildman–Crippen LogP) is 3.05. The van der Waals surface area contributed by atoms with E-state index in [0.29, 0.717) is 11.4 Å². The van der Waals surface area contributed by atoms with Gasteiger partial charge in [-0.25, -0.2) is 8.42 Å². The standard InChI is InChI=1S/C16H17NO2S/c1-12-7-9-14(10-8-12)20(18,19)17-11-16(17)15-6-4-3-5-13(15)2/h3-10,16H,11H2,1-2H3. The predicted molar refractivity (Wildman–Crippen MR) is 79.0 cm³/mol. The van der Waals surface area contributed by atoms with Crippen molar-refractivity contribution in [3.05, 3.63) is 65.2 Å². The molecule has 2 unspecified atom stereocenters. The molecule has 0 aliphatic carbocycles. The minimum Gasteiger partial charge on any atom is -0.207 e. The second-order valence-corrected chi connectivity index (χ2v) is 7.15. The maximum atomic E-state index is 12.5. The average Bonchev–Trinajstić information content (AvgIpc) is 3.20. The molecule has 20 heavy (non-hydrogen) atoms. The Kier molecular flexibility index (Phi) is 3.15. The third-order valence-corrected chi connectivity index (χ3v) is 5.63. The van der Waals surface area contributed by atoms with Crippen molar-refractivity contribution >= 4 is 10.0 Å². The van der Waals surface area contributed by atoms with Gasteiger partial charge in [-0.3, -0.25) is 0 Å². The highest BCUT2D eigenvalue weighted by Crippen LogP contribution is 2.41. The highest BCUT2D eigenvalue weighted by atomic mass is 32.2. The maximum Gasteiger partial charge on any atom is 0.243 e. The molecule has 4 heteroatoms. The number of benzene rings is 2. The van der Waals surface area contributed by atoms with E-state index in [9.17, 15) is 8.42 Å². The molecule has 1 heterocycles. The zero-order valence-electron chi connectivity index (χ0n) is 11.6. The Balaban J connectivity index is 1.89. The maximum absolute atomic E-state index is 12.5. The van der Waals surface area contributed by atoms with Crippen molar-refractivity contribution in [1.29, 1.82) is 0 Å². The summed E-state index contributed by atoms with van der Waals surface area (Å²) in [6.45, 7) is 4.54. The Morgan fingerprint density at radius 3 is 2.30 bits per heavy atom. The molecule has 0 bridgehead atoms. The van der Waals surface area contributed by atoms with Gasteiger partial charge in [0, 0.05) is 6.54 Å². The molecular formula is C16H17NO2S. The summed E-state index contributed by atoms with van der Waals surface area (Å²) in [6.07, 6.45) is 0. The fraction of sp³-hybridized carbons (Fsp3) is 0.250. The van der Waals surface area contributed by atoms with Crippen molar-refractivity contribution in [2.45, 2.75) is 24.8 Å². The van der Waals surface area contributed by atoms with Crippen molar-refractivity contribution in [2.75, 3.05) is 6.54 Å². The zero-order chi connectivity index (χ0) is 14.3. The van der Waals surface area contributed by atoms with Crippen LogP contribution in [-0.4, -0.2) is 19.3 Å². The third kappa shape index (κ3) is 2.25. The third-order valence-electron chi connectivity index (χ3n) is 3.74. The monoisotopic (exact) mass is 287 g/mol. The Labute approximate surface area is 119 Å². The molecular weight excluding hydrogens is 270 g/mol. The van der Waals surface area contributed by atoms with Gasteiger partial charge in [0.25, 0.3) is 0 Å². The SMILES string of the molecule is Cc1ccc(S(=O)(=O)N2CC2c2ccccc2C)cc1. The fourth-order valence-electron chi connectivity index (χ4n) is 2.45. The quantitative estimate of drug-likeness (QED) is 0.814. The fourth-order valence-corrected chi connectivity index (χ4v) is 3.99. The number of nitrogens with zero attached hydrogens (tertiary/aromatic N) is 1. The van der Waals surface area contributed by atoms with E-state index < -0.39 is 10.0 Å². The van der Waals surface area contributed by atoms with Gasteiger partial charge in [-0.2, -0.15) is 4.31 Å². The summed E-state index contributed by atoms with van der Waals surface area (Å²) in [5, 5.41) is 0. The van der Waals surface area contributed by atoms with Crippen LogP contribution in [0.15, 0.2) is 53.4 Å². The lowest BCUT2D eigenvalue weighted by Gasteiger charge is -2.08. The van der Waals surface area contributed by atoms with Gasteiger partial charge in [-0.15, -0.1) is 0 Å². The first-order valence-corrected chi connectivity index (χ1v) is 8.08. The normalized spacial score (nSPS) is 21.7. The van der Waals surface area contributed by atoms with Crippen LogP contribution < -0.4 is 0 Å². The van der Waals surface area contributed by atoms with Crippen LogP contribution in [0.1, 0.15) is 22.7 Å². The lowest BCUT2D eigenvalue weighted by Crippen LogP contribution is -2.12. The molecule has 1 fully saturated rings. The van der Waals surface area contributed by atoms with Crippen molar-refractivity contribution in [3.8, 4) is 0 Å². The van der Waals surface area contributed by atoms with E-state index >= 15 is 0 Å². The second-order valence-electron chi connectivity index (χ2n) is 5.26. The first-order chi connectivity index (χ1) is 9.50. The van der Waals surface area contributed by atoms with E-state index in [4.69, 9.17) is 0 Å². The topological polar surface area (TPSA) is 37.1 Å². The van der Waals surface area contributed by atoms with Crippen LogP contribution >= 0.6 is 0 Å². The lowest BCUT2D eigenvalue weighted by molar-refractivity contribution is 0.554. The van der Waals surface area contributed by atoms with Gasteiger partial charge in [-0.05, 0) is 37.1 Å². The van der Waals surface area contributed by atoms with Crippen LogP contribution in [0.4, 0.5) is 0 Å². The molecule has 0 aromatic heterocycles. The molecule has 2 aromatic carbocycles. The van der Waals surface area contributed by atoms with Crippen LogP contribution in [-0.2, 0) is 10.0 Å². The van der Waals surface area contributed by atoms with E-state index in [1.165, 1.54) is 0 Å². The average molecular weight is 287 g/mol. The number of rotatable bonds is 3. The van der Waals surface area contributed by atoms with Crippen molar-refractivity contribution < 1.29 is 8.42 Å². The lowest BCUT2D eigenvalue weighted by atomic mass is 10.1. The van der Waals surface area contributed by atoms with Crippen molar-refractivity contribution in [1.82, 2.24) is 4.31 Å². The van der Waals surface area contributed by atoms with E-state index in [1.54, 1.807) is 16.4 Å². The van der Waals surface area contributed by atoms with Gasteiger partial charge < -0.3 is 0 Å².